The van der Waals surface area contributed by atoms with Crippen molar-refractivity contribution in [1.29, 1.82) is 0 Å². The molecular formula is C8H16BNO2. The molecule has 0 aromatic carbocycles. The maximum atomic E-state index is 8.87. The molecule has 12 heavy (non-hydrogen) atoms. The largest absolute Gasteiger partial charge is 0.483 e. The highest BCUT2D eigenvalue weighted by atomic mass is 16.4. The lowest BCUT2D eigenvalue weighted by molar-refractivity contribution is 0.239. The Hall–Kier alpha value is -0.315. The van der Waals surface area contributed by atoms with Gasteiger partial charge in [0.15, 0.2) is 0 Å². The Morgan fingerprint density at radius 1 is 1.50 bits per heavy atom. The molecule has 0 aromatic heterocycles. The van der Waals surface area contributed by atoms with Gasteiger partial charge in [-0.3, -0.25) is 4.90 Å². The third-order valence-corrected chi connectivity index (χ3v) is 2.34. The van der Waals surface area contributed by atoms with E-state index in [2.05, 4.69) is 18.7 Å². The van der Waals surface area contributed by atoms with Gasteiger partial charge in [-0.1, -0.05) is 6.08 Å². The summed E-state index contributed by atoms with van der Waals surface area (Å²) in [5.41, 5.74) is 0.756. The Balaban J connectivity index is 2.47. The Kier molecular flexibility index (Phi) is 3.32. The van der Waals surface area contributed by atoms with E-state index in [-0.39, 0.29) is 0 Å². The van der Waals surface area contributed by atoms with Crippen LogP contribution in [0.5, 0.6) is 0 Å². The van der Waals surface area contributed by atoms with Crippen LogP contribution < -0.4 is 0 Å². The summed E-state index contributed by atoms with van der Waals surface area (Å²) in [5.74, 6) is 0. The zero-order valence-electron chi connectivity index (χ0n) is 7.70. The Bertz CT molecular complexity index is 180. The fourth-order valence-corrected chi connectivity index (χ4v) is 1.40. The van der Waals surface area contributed by atoms with Crippen molar-refractivity contribution in [3.8, 4) is 0 Å². The molecular weight excluding hydrogens is 153 g/mol. The molecule has 0 aliphatic carbocycles. The van der Waals surface area contributed by atoms with Gasteiger partial charge in [-0.15, -0.1) is 0 Å². The topological polar surface area (TPSA) is 43.7 Å². The van der Waals surface area contributed by atoms with Crippen molar-refractivity contribution < 1.29 is 10.0 Å². The molecule has 0 saturated carbocycles. The zero-order chi connectivity index (χ0) is 9.14. The van der Waals surface area contributed by atoms with Crippen LogP contribution >= 0.6 is 0 Å². The van der Waals surface area contributed by atoms with Crippen molar-refractivity contribution in [2.24, 2.45) is 0 Å². The minimum absolute atomic E-state index is 0.540. The molecule has 0 aromatic rings. The minimum atomic E-state index is -1.25. The monoisotopic (exact) mass is 169 g/mol. The summed E-state index contributed by atoms with van der Waals surface area (Å²) in [6.45, 7) is 6.06. The summed E-state index contributed by atoms with van der Waals surface area (Å²) in [7, 11) is -1.25. The first kappa shape index (κ1) is 9.77. The van der Waals surface area contributed by atoms with Crippen LogP contribution in [0, 0.1) is 0 Å². The van der Waals surface area contributed by atoms with Crippen LogP contribution in [-0.4, -0.2) is 41.2 Å². The molecule has 3 nitrogen and oxygen atoms in total. The van der Waals surface area contributed by atoms with Gasteiger partial charge in [0.05, 0.1) is 0 Å². The highest BCUT2D eigenvalue weighted by molar-refractivity contribution is 6.50. The Morgan fingerprint density at radius 3 is 2.50 bits per heavy atom. The van der Waals surface area contributed by atoms with Crippen LogP contribution in [0.4, 0.5) is 0 Å². The van der Waals surface area contributed by atoms with E-state index in [9.17, 15) is 0 Å². The molecule has 0 radical (unpaired) electrons. The number of nitrogens with zero attached hydrogens (tertiary/aromatic N) is 1. The molecule has 0 atom stereocenters. The molecule has 2 N–H and O–H groups in total. The van der Waals surface area contributed by atoms with E-state index in [4.69, 9.17) is 10.0 Å². The van der Waals surface area contributed by atoms with Gasteiger partial charge in [0.25, 0.3) is 0 Å². The molecule has 0 unspecified atom stereocenters. The maximum Gasteiger partial charge on any atom is 0.483 e. The van der Waals surface area contributed by atoms with Crippen LogP contribution in [0.1, 0.15) is 20.3 Å². The summed E-state index contributed by atoms with van der Waals surface area (Å²) in [4.78, 5) is 2.30. The molecule has 0 saturated heterocycles. The molecule has 1 heterocycles. The van der Waals surface area contributed by atoms with E-state index in [0.717, 1.165) is 25.0 Å². The van der Waals surface area contributed by atoms with E-state index in [1.165, 1.54) is 0 Å². The van der Waals surface area contributed by atoms with Gasteiger partial charge in [-0.25, -0.2) is 0 Å². The number of hydrogen-bond donors (Lipinski definition) is 2. The van der Waals surface area contributed by atoms with Crippen LogP contribution in [0.2, 0.25) is 0 Å². The van der Waals surface area contributed by atoms with Gasteiger partial charge in [0.2, 0.25) is 0 Å². The third kappa shape index (κ3) is 2.34. The van der Waals surface area contributed by atoms with Crippen LogP contribution in [0.25, 0.3) is 0 Å². The lowest BCUT2D eigenvalue weighted by Crippen LogP contribution is -2.37. The number of hydrogen-bond acceptors (Lipinski definition) is 3. The van der Waals surface area contributed by atoms with E-state index in [1.54, 1.807) is 0 Å². The van der Waals surface area contributed by atoms with Crippen molar-refractivity contribution in [2.45, 2.75) is 26.3 Å². The second-order valence-corrected chi connectivity index (χ2v) is 3.49. The fourth-order valence-electron chi connectivity index (χ4n) is 1.40. The molecule has 1 aliphatic rings. The first-order valence-electron chi connectivity index (χ1n) is 4.40. The quantitative estimate of drug-likeness (QED) is 0.573. The molecule has 4 heteroatoms. The van der Waals surface area contributed by atoms with E-state index in [1.807, 2.05) is 6.08 Å². The van der Waals surface area contributed by atoms with Crippen LogP contribution in [-0.2, 0) is 0 Å². The van der Waals surface area contributed by atoms with Gasteiger partial charge >= 0.3 is 7.12 Å². The predicted octanol–water partition coefficient (Wildman–Crippen LogP) is 0.0389. The molecule has 1 rings (SSSR count). The van der Waals surface area contributed by atoms with Crippen molar-refractivity contribution in [3.63, 3.8) is 0 Å². The molecule has 1 aliphatic heterocycles. The number of rotatable bonds is 2. The highest BCUT2D eigenvalue weighted by Crippen LogP contribution is 2.13. The summed E-state index contributed by atoms with van der Waals surface area (Å²) < 4.78 is 0. The van der Waals surface area contributed by atoms with Gasteiger partial charge < -0.3 is 10.0 Å². The standard InChI is InChI=1S/C8H16BNO2/c1-7(2)10-5-3-8(4-6-10)9(11)12/h3,7,11-12H,4-6H2,1-2H3. The van der Waals surface area contributed by atoms with Gasteiger partial charge in [0.1, 0.15) is 0 Å². The average Bonchev–Trinajstić information content (AvgIpc) is 2.04. The van der Waals surface area contributed by atoms with Crippen molar-refractivity contribution in [3.05, 3.63) is 11.5 Å². The normalized spacial score (nSPS) is 19.6. The minimum Gasteiger partial charge on any atom is -0.423 e. The van der Waals surface area contributed by atoms with Crippen LogP contribution in [0.15, 0.2) is 11.5 Å². The second-order valence-electron chi connectivity index (χ2n) is 3.49. The molecule has 0 fully saturated rings. The van der Waals surface area contributed by atoms with E-state index >= 15 is 0 Å². The lowest BCUT2D eigenvalue weighted by Gasteiger charge is -2.29. The molecule has 0 bridgehead atoms. The maximum absolute atomic E-state index is 8.87. The van der Waals surface area contributed by atoms with Crippen molar-refractivity contribution in [1.82, 2.24) is 4.90 Å². The fraction of sp³-hybridized carbons (Fsp3) is 0.750. The SMILES string of the molecule is CC(C)N1CC=C(B(O)O)CC1. The van der Waals surface area contributed by atoms with Gasteiger partial charge in [-0.05, 0) is 25.7 Å². The summed E-state index contributed by atoms with van der Waals surface area (Å²) in [6, 6.07) is 0.540. The Morgan fingerprint density at radius 2 is 2.17 bits per heavy atom. The van der Waals surface area contributed by atoms with E-state index in [0.29, 0.717) is 6.04 Å². The summed E-state index contributed by atoms with van der Waals surface area (Å²) in [6.07, 6.45) is 2.68. The van der Waals surface area contributed by atoms with Crippen molar-refractivity contribution >= 4 is 7.12 Å². The van der Waals surface area contributed by atoms with E-state index < -0.39 is 7.12 Å². The van der Waals surface area contributed by atoms with Gasteiger partial charge in [0, 0.05) is 19.1 Å². The molecule has 0 amide bonds. The predicted molar refractivity (Wildman–Crippen MR) is 49.6 cm³/mol. The van der Waals surface area contributed by atoms with Crippen LogP contribution in [0.3, 0.4) is 0 Å². The summed E-state index contributed by atoms with van der Waals surface area (Å²) in [5, 5.41) is 17.7. The smallest absolute Gasteiger partial charge is 0.423 e. The van der Waals surface area contributed by atoms with Gasteiger partial charge in [-0.2, -0.15) is 0 Å². The van der Waals surface area contributed by atoms with Crippen molar-refractivity contribution in [2.75, 3.05) is 13.1 Å². The Labute approximate surface area is 73.8 Å². The summed E-state index contributed by atoms with van der Waals surface area (Å²) >= 11 is 0. The molecule has 68 valence electrons. The third-order valence-electron chi connectivity index (χ3n) is 2.34. The highest BCUT2D eigenvalue weighted by Gasteiger charge is 2.20. The first-order chi connectivity index (χ1) is 5.61. The zero-order valence-corrected chi connectivity index (χ0v) is 7.70. The first-order valence-corrected chi connectivity index (χ1v) is 4.40. The lowest BCUT2D eigenvalue weighted by atomic mass is 9.76. The second kappa shape index (κ2) is 4.07. The average molecular weight is 169 g/mol. The molecule has 0 spiro atoms.